The highest BCUT2D eigenvalue weighted by molar-refractivity contribution is 6.01. The summed E-state index contributed by atoms with van der Waals surface area (Å²) in [6.45, 7) is 7.01. The Hall–Kier alpha value is -6.44. The lowest BCUT2D eigenvalue weighted by molar-refractivity contribution is 0.660. The molecule has 1 spiro atoms. The van der Waals surface area contributed by atoms with Gasteiger partial charge in [-0.2, -0.15) is 0 Å². The van der Waals surface area contributed by atoms with Gasteiger partial charge in [-0.3, -0.25) is 0 Å². The molecule has 8 aromatic carbocycles. The Balaban J connectivity index is 1.19. The number of fused-ring (bicyclic) bond motifs is 13. The smallest absolute Gasteiger partial charge is 0.0726 e. The van der Waals surface area contributed by atoms with Crippen LogP contribution >= 0.6 is 0 Å². The Morgan fingerprint density at radius 1 is 0.370 bits per heavy atom. The standard InChI is InChI=1S/C53H39N/c1-34-15-13-24-46-50(34)41-19-8-11-22-44(41)53(46)45-23-12-9-20-42(45)51-47(53)25-14-26-49(51)54(37-29-27-36(28-30-37)35-16-5-4-6-17-35)38-31-32-40-39-18-7-10-21-43(39)52(2,3)48(40)33-38/h4-33H,1-3H3. The minimum atomic E-state index is -0.412. The maximum absolute atomic E-state index is 2.51. The van der Waals surface area contributed by atoms with Crippen LogP contribution in [0.15, 0.2) is 182 Å². The molecule has 0 saturated heterocycles. The number of nitrogens with zero attached hydrogens (tertiary/aromatic N) is 1. The highest BCUT2D eigenvalue weighted by Crippen LogP contribution is 2.65. The van der Waals surface area contributed by atoms with E-state index in [1.807, 2.05) is 0 Å². The Bertz CT molecular complexity index is 2810. The zero-order chi connectivity index (χ0) is 36.2. The van der Waals surface area contributed by atoms with E-state index < -0.39 is 5.41 Å². The molecule has 1 nitrogen and oxygen atoms in total. The van der Waals surface area contributed by atoms with E-state index in [0.29, 0.717) is 0 Å². The Morgan fingerprint density at radius 3 is 1.61 bits per heavy atom. The molecule has 0 N–H and O–H groups in total. The fourth-order valence-electron chi connectivity index (χ4n) is 10.3. The number of aryl methyl sites for hydroxylation is 1. The van der Waals surface area contributed by atoms with Crippen molar-refractivity contribution < 1.29 is 0 Å². The predicted molar refractivity (Wildman–Crippen MR) is 225 cm³/mol. The van der Waals surface area contributed by atoms with Crippen LogP contribution in [0.1, 0.15) is 52.8 Å². The van der Waals surface area contributed by atoms with Crippen molar-refractivity contribution >= 4 is 17.1 Å². The van der Waals surface area contributed by atoms with Gasteiger partial charge in [0.1, 0.15) is 0 Å². The molecule has 1 atom stereocenters. The van der Waals surface area contributed by atoms with Crippen LogP contribution in [0.5, 0.6) is 0 Å². The van der Waals surface area contributed by atoms with Crippen LogP contribution in [0.25, 0.3) is 44.5 Å². The summed E-state index contributed by atoms with van der Waals surface area (Å²) in [6, 6.07) is 68.1. The fourth-order valence-corrected chi connectivity index (χ4v) is 10.3. The average molecular weight is 690 g/mol. The maximum Gasteiger partial charge on any atom is 0.0726 e. The molecule has 0 saturated carbocycles. The van der Waals surface area contributed by atoms with Crippen molar-refractivity contribution in [1.29, 1.82) is 0 Å². The summed E-state index contributed by atoms with van der Waals surface area (Å²) in [7, 11) is 0. The second kappa shape index (κ2) is 11.3. The molecule has 256 valence electrons. The van der Waals surface area contributed by atoms with Gasteiger partial charge in [0.05, 0.1) is 11.1 Å². The highest BCUT2D eigenvalue weighted by Gasteiger charge is 2.52. The summed E-state index contributed by atoms with van der Waals surface area (Å²) >= 11 is 0. The van der Waals surface area contributed by atoms with Crippen LogP contribution in [0.2, 0.25) is 0 Å². The van der Waals surface area contributed by atoms with Crippen LogP contribution in [-0.4, -0.2) is 0 Å². The van der Waals surface area contributed by atoms with Crippen molar-refractivity contribution in [3.63, 3.8) is 0 Å². The predicted octanol–water partition coefficient (Wildman–Crippen LogP) is 13.8. The molecule has 3 aliphatic rings. The number of benzene rings is 8. The van der Waals surface area contributed by atoms with Crippen LogP contribution in [0.3, 0.4) is 0 Å². The van der Waals surface area contributed by atoms with Crippen LogP contribution in [0, 0.1) is 6.92 Å². The van der Waals surface area contributed by atoms with Gasteiger partial charge in [-0.15, -0.1) is 0 Å². The third kappa shape index (κ3) is 4.04. The molecule has 11 rings (SSSR count). The number of rotatable bonds is 4. The minimum absolute atomic E-state index is 0.116. The molecule has 8 aromatic rings. The van der Waals surface area contributed by atoms with Gasteiger partial charge in [0, 0.05) is 22.4 Å². The number of anilines is 3. The molecule has 0 amide bonds. The lowest BCUT2D eigenvalue weighted by Gasteiger charge is -2.32. The maximum atomic E-state index is 2.51. The van der Waals surface area contributed by atoms with E-state index in [-0.39, 0.29) is 5.41 Å². The number of hydrogen-bond donors (Lipinski definition) is 0. The first-order chi connectivity index (χ1) is 26.5. The first-order valence-electron chi connectivity index (χ1n) is 19.1. The van der Waals surface area contributed by atoms with Gasteiger partial charge >= 0.3 is 0 Å². The summed E-state index contributed by atoms with van der Waals surface area (Å²) in [5.74, 6) is 0. The van der Waals surface area contributed by atoms with E-state index >= 15 is 0 Å². The van der Waals surface area contributed by atoms with Crippen molar-refractivity contribution in [2.75, 3.05) is 4.90 Å². The Morgan fingerprint density at radius 2 is 0.889 bits per heavy atom. The Kier molecular flexibility index (Phi) is 6.50. The molecular formula is C53H39N. The van der Waals surface area contributed by atoms with Gasteiger partial charge in [-0.25, -0.2) is 0 Å². The molecular weight excluding hydrogens is 651 g/mol. The van der Waals surface area contributed by atoms with Gasteiger partial charge in [0.15, 0.2) is 0 Å². The van der Waals surface area contributed by atoms with Crippen molar-refractivity contribution in [2.45, 2.75) is 31.6 Å². The summed E-state index contributed by atoms with van der Waals surface area (Å²) in [5, 5.41) is 0. The van der Waals surface area contributed by atoms with Gasteiger partial charge in [0.2, 0.25) is 0 Å². The molecule has 0 fully saturated rings. The Labute approximate surface area is 317 Å². The lowest BCUT2D eigenvalue weighted by Crippen LogP contribution is -2.26. The SMILES string of the molecule is Cc1cccc2c1-c1ccccc1C21c2ccccc2-c2c(N(c3ccc(-c4ccccc4)cc3)c3ccc4c(c3)C(C)(C)c3ccccc3-4)cccc21. The molecule has 0 bridgehead atoms. The first-order valence-corrected chi connectivity index (χ1v) is 19.1. The van der Waals surface area contributed by atoms with E-state index in [9.17, 15) is 0 Å². The summed E-state index contributed by atoms with van der Waals surface area (Å²) < 4.78 is 0. The van der Waals surface area contributed by atoms with Gasteiger partial charge < -0.3 is 4.90 Å². The molecule has 1 unspecified atom stereocenters. The molecule has 0 aromatic heterocycles. The molecule has 0 radical (unpaired) electrons. The van der Waals surface area contributed by atoms with E-state index in [1.165, 1.54) is 89.1 Å². The van der Waals surface area contributed by atoms with Crippen molar-refractivity contribution in [3.05, 3.63) is 221 Å². The van der Waals surface area contributed by atoms with Crippen LogP contribution in [-0.2, 0) is 10.8 Å². The zero-order valence-corrected chi connectivity index (χ0v) is 30.8. The van der Waals surface area contributed by atoms with Crippen LogP contribution < -0.4 is 4.90 Å². The molecule has 0 aliphatic heterocycles. The summed E-state index contributed by atoms with van der Waals surface area (Å²) in [5.41, 5.74) is 22.9. The topological polar surface area (TPSA) is 3.24 Å². The lowest BCUT2D eigenvalue weighted by atomic mass is 9.70. The van der Waals surface area contributed by atoms with E-state index in [2.05, 4.69) is 208 Å². The molecule has 54 heavy (non-hydrogen) atoms. The minimum Gasteiger partial charge on any atom is -0.310 e. The number of hydrogen-bond acceptors (Lipinski definition) is 1. The molecule has 1 heteroatoms. The van der Waals surface area contributed by atoms with Crippen molar-refractivity contribution in [1.82, 2.24) is 0 Å². The second-order valence-electron chi connectivity index (χ2n) is 15.7. The van der Waals surface area contributed by atoms with Gasteiger partial charge in [-0.1, -0.05) is 166 Å². The quantitative estimate of drug-likeness (QED) is 0.178. The van der Waals surface area contributed by atoms with Gasteiger partial charge in [0.25, 0.3) is 0 Å². The summed E-state index contributed by atoms with van der Waals surface area (Å²) in [6.07, 6.45) is 0. The first kappa shape index (κ1) is 31.1. The van der Waals surface area contributed by atoms with Gasteiger partial charge in [-0.05, 0) is 115 Å². The third-order valence-electron chi connectivity index (χ3n) is 12.6. The second-order valence-corrected chi connectivity index (χ2v) is 15.7. The highest BCUT2D eigenvalue weighted by atomic mass is 15.1. The average Bonchev–Trinajstić information content (AvgIpc) is 3.78. The normalized spacial score (nSPS) is 16.3. The largest absolute Gasteiger partial charge is 0.310 e. The van der Waals surface area contributed by atoms with E-state index in [1.54, 1.807) is 0 Å². The van der Waals surface area contributed by atoms with Crippen molar-refractivity contribution in [3.8, 4) is 44.5 Å². The van der Waals surface area contributed by atoms with E-state index in [0.717, 1.165) is 11.4 Å². The third-order valence-corrected chi connectivity index (χ3v) is 12.6. The van der Waals surface area contributed by atoms with Crippen molar-refractivity contribution in [2.24, 2.45) is 0 Å². The summed E-state index contributed by atoms with van der Waals surface area (Å²) in [4.78, 5) is 2.51. The monoisotopic (exact) mass is 689 g/mol. The zero-order valence-electron chi connectivity index (χ0n) is 30.8. The van der Waals surface area contributed by atoms with Crippen LogP contribution in [0.4, 0.5) is 17.1 Å². The fraction of sp³-hybridized carbons (Fsp3) is 0.0943. The van der Waals surface area contributed by atoms with E-state index in [4.69, 9.17) is 0 Å². The molecule has 0 heterocycles. The molecule has 3 aliphatic carbocycles.